The molecule has 0 aromatic heterocycles. The van der Waals surface area contributed by atoms with Crippen LogP contribution in [0.2, 0.25) is 10.5 Å². The molecule has 2 aliphatic rings. The average molecular weight is 414 g/mol. The Morgan fingerprint density at radius 3 is 1.54 bits per heavy atom. The van der Waals surface area contributed by atoms with Gasteiger partial charge in [-0.15, -0.1) is 0 Å². The van der Waals surface area contributed by atoms with Crippen molar-refractivity contribution < 1.29 is 16.8 Å². The first kappa shape index (κ1) is 24.4. The quantitative estimate of drug-likeness (QED) is 0.541. The summed E-state index contributed by atoms with van der Waals surface area (Å²) in [5.74, 6) is 0.675. The Morgan fingerprint density at radius 1 is 0.731 bits per heavy atom. The smallest absolute Gasteiger partial charge is 0.0149 e. The molecule has 26 heavy (non-hydrogen) atoms. The molecule has 0 spiro atoms. The van der Waals surface area contributed by atoms with Crippen LogP contribution in [0, 0.1) is 5.92 Å². The van der Waals surface area contributed by atoms with E-state index in [1.165, 1.54) is 70.6 Å². The third-order valence-electron chi connectivity index (χ3n) is 6.98. The molecule has 0 aromatic rings. The maximum Gasteiger partial charge on any atom is -0.0149 e. The van der Waals surface area contributed by atoms with Crippen molar-refractivity contribution >= 4 is 11.0 Å². The van der Waals surface area contributed by atoms with Crippen molar-refractivity contribution in [2.45, 2.75) is 115 Å². The molecule has 3 heteroatoms. The molecule has 1 saturated carbocycles. The molecule has 0 aromatic carbocycles. The summed E-state index contributed by atoms with van der Waals surface area (Å²) in [5, 5.41) is 5.22. The molecule has 1 fully saturated rings. The maximum atomic E-state index is 4.29. The van der Waals surface area contributed by atoms with Crippen LogP contribution in [-0.4, -0.2) is 17.0 Å². The largest absolute Gasteiger partial charge is 0.0149 e. The molecule has 0 amide bonds. The molecule has 2 aliphatic carbocycles. The number of hydrogen-bond donors (Lipinski definition) is 1. The van der Waals surface area contributed by atoms with Crippen molar-refractivity contribution in [1.82, 2.24) is 3.80 Å². The molecular formula is C23H47NSiTi. The number of nitrogens with one attached hydrogen (secondary N) is 1. The predicted octanol–water partition coefficient (Wildman–Crippen LogP) is 6.22. The van der Waals surface area contributed by atoms with Gasteiger partial charge in [-0.2, -0.15) is 0 Å². The average Bonchev–Trinajstić information content (AvgIpc) is 2.74. The van der Waals surface area contributed by atoms with Crippen molar-refractivity contribution in [3.05, 3.63) is 20.6 Å². The summed E-state index contributed by atoms with van der Waals surface area (Å²) in [4.78, 5) is 0. The van der Waals surface area contributed by atoms with E-state index in [-0.39, 0.29) is 11.0 Å². The molecule has 1 N–H and O–H groups in total. The van der Waals surface area contributed by atoms with Crippen LogP contribution in [0.3, 0.4) is 0 Å². The minimum Gasteiger partial charge on any atom is -0.0149 e. The molecule has 0 bridgehead atoms. The Morgan fingerprint density at radius 2 is 1.15 bits per heavy atom. The van der Waals surface area contributed by atoms with Gasteiger partial charge in [-0.25, -0.2) is 0 Å². The Bertz CT molecular complexity index is 494. The van der Waals surface area contributed by atoms with Gasteiger partial charge in [0.25, 0.3) is 0 Å². The first-order valence-corrected chi connectivity index (χ1v) is 15.7. The summed E-state index contributed by atoms with van der Waals surface area (Å²) in [5.41, 5.74) is 4.81. The normalized spacial score (nSPS) is 24.9. The Balaban J connectivity index is 0.00000338. The van der Waals surface area contributed by atoms with E-state index >= 15 is 0 Å². The van der Waals surface area contributed by atoms with Crippen molar-refractivity contribution in [2.24, 2.45) is 5.92 Å². The molecule has 1 atom stereocenters. The minimum absolute atomic E-state index is 0. The number of allylic oxidation sites excluding steroid dienone is 4. The summed E-state index contributed by atoms with van der Waals surface area (Å²) >= 11 is -2.15. The minimum atomic E-state index is -2.15. The van der Waals surface area contributed by atoms with E-state index < -0.39 is 16.8 Å². The Hall–Kier alpha value is 0.371. The molecule has 152 valence electrons. The zero-order valence-corrected chi connectivity index (χ0v) is 19.5. The van der Waals surface area contributed by atoms with E-state index in [1.807, 2.05) is 3.88 Å². The van der Waals surface area contributed by atoms with Crippen molar-refractivity contribution in [1.29, 1.82) is 0 Å². The van der Waals surface area contributed by atoms with Crippen LogP contribution in [0.15, 0.2) is 20.6 Å². The van der Waals surface area contributed by atoms with E-state index in [4.69, 9.17) is 0 Å². The SMILES string of the molecule is CC1=C(C)C(C)[C]([Ti]([CH3])([CH3])[NH]C2CCCCCCCCCCC2)=C1C.[SiH4]. The molecule has 0 heterocycles. The summed E-state index contributed by atoms with van der Waals surface area (Å²) in [6.07, 6.45) is 15.9. The third kappa shape index (κ3) is 6.47. The fourth-order valence-corrected chi connectivity index (χ4v) is 11.3. The second-order valence-corrected chi connectivity index (χ2v) is 15.7. The van der Waals surface area contributed by atoms with Gasteiger partial charge in [0.15, 0.2) is 0 Å². The van der Waals surface area contributed by atoms with Crippen molar-refractivity contribution in [3.63, 3.8) is 0 Å². The van der Waals surface area contributed by atoms with Gasteiger partial charge in [0.2, 0.25) is 0 Å². The van der Waals surface area contributed by atoms with Gasteiger partial charge in [-0.05, 0) is 11.0 Å². The van der Waals surface area contributed by atoms with Gasteiger partial charge in [0.1, 0.15) is 0 Å². The van der Waals surface area contributed by atoms with Gasteiger partial charge in [0, 0.05) is 0 Å². The molecule has 1 nitrogen and oxygen atoms in total. The van der Waals surface area contributed by atoms with E-state index in [9.17, 15) is 0 Å². The van der Waals surface area contributed by atoms with Crippen LogP contribution < -0.4 is 3.80 Å². The van der Waals surface area contributed by atoms with Crippen molar-refractivity contribution in [3.8, 4) is 0 Å². The van der Waals surface area contributed by atoms with E-state index in [0.29, 0.717) is 5.92 Å². The van der Waals surface area contributed by atoms with Gasteiger partial charge >= 0.3 is 162 Å². The molecule has 1 unspecified atom stereocenters. The maximum absolute atomic E-state index is 4.29. The third-order valence-corrected chi connectivity index (χ3v) is 12.1. The monoisotopic (exact) mass is 413 g/mol. The topological polar surface area (TPSA) is 12.0 Å². The molecule has 0 aliphatic heterocycles. The van der Waals surface area contributed by atoms with Crippen LogP contribution in [0.4, 0.5) is 0 Å². The van der Waals surface area contributed by atoms with Gasteiger partial charge in [-0.3, -0.25) is 0 Å². The number of rotatable bonds is 3. The number of hydrogen-bond acceptors (Lipinski definition) is 1. The van der Waals surface area contributed by atoms with Gasteiger partial charge in [-0.1, -0.05) is 0 Å². The summed E-state index contributed by atoms with van der Waals surface area (Å²) < 4.78 is 6.11. The standard InChI is InChI=1S/C12H24N.C9H13.2CH3.H4Si.Ti/c13-12-10-8-6-4-2-1-3-5-7-9-11-12;1-6-5-7(2)9(4)8(6)3;;;;/h12-13H,1-11H2;6H,1-4H3;2*1H3;1H4;/q-1;;;;;+1. The fraction of sp³-hybridized carbons (Fsp3) is 0.826. The molecular weight excluding hydrogens is 366 g/mol. The van der Waals surface area contributed by atoms with E-state index in [0.717, 1.165) is 6.04 Å². The van der Waals surface area contributed by atoms with Crippen molar-refractivity contribution in [2.75, 3.05) is 0 Å². The summed E-state index contributed by atoms with van der Waals surface area (Å²) in [7, 11) is 0. The fourth-order valence-electron chi connectivity index (χ4n) is 5.27. The zero-order chi connectivity index (χ0) is 18.4. The predicted molar refractivity (Wildman–Crippen MR) is 121 cm³/mol. The molecule has 0 radical (unpaired) electrons. The van der Waals surface area contributed by atoms with Crippen LogP contribution in [0.1, 0.15) is 98.3 Å². The van der Waals surface area contributed by atoms with Gasteiger partial charge < -0.3 is 0 Å². The summed E-state index contributed by atoms with van der Waals surface area (Å²) in [6.45, 7) is 9.51. The van der Waals surface area contributed by atoms with Crippen LogP contribution in [0.5, 0.6) is 0 Å². The molecule has 2 rings (SSSR count). The van der Waals surface area contributed by atoms with Crippen LogP contribution in [-0.2, 0) is 16.8 Å². The Kier molecular flexibility index (Phi) is 10.7. The van der Waals surface area contributed by atoms with E-state index in [2.05, 4.69) is 42.0 Å². The van der Waals surface area contributed by atoms with Crippen LogP contribution >= 0.6 is 0 Å². The summed E-state index contributed by atoms with van der Waals surface area (Å²) in [6, 6.07) is 0.767. The Labute approximate surface area is 172 Å². The first-order valence-electron chi connectivity index (χ1n) is 11.0. The molecule has 0 saturated heterocycles. The first-order chi connectivity index (χ1) is 11.8. The van der Waals surface area contributed by atoms with E-state index in [1.54, 1.807) is 16.7 Å². The van der Waals surface area contributed by atoms with Gasteiger partial charge in [0.05, 0.1) is 0 Å². The zero-order valence-electron chi connectivity index (χ0n) is 17.9. The second-order valence-electron chi connectivity index (χ2n) is 9.29. The second kappa shape index (κ2) is 11.4. The van der Waals surface area contributed by atoms with Crippen LogP contribution in [0.25, 0.3) is 0 Å².